The van der Waals surface area contributed by atoms with Crippen LogP contribution in [-0.2, 0) is 9.84 Å². The van der Waals surface area contributed by atoms with Gasteiger partial charge in [0.15, 0.2) is 5.78 Å². The number of phenols is 1. The second-order valence-electron chi connectivity index (χ2n) is 8.04. The van der Waals surface area contributed by atoms with Crippen molar-refractivity contribution in [3.8, 4) is 16.9 Å². The lowest BCUT2D eigenvalue weighted by Crippen LogP contribution is -2.23. The molecular weight excluding hydrogens is 531 g/mol. The minimum absolute atomic E-state index is 0.117. The average Bonchev–Trinajstić information content (AvgIpc) is 2.85. The van der Waals surface area contributed by atoms with Gasteiger partial charge in [-0.3, -0.25) is 9.59 Å². The van der Waals surface area contributed by atoms with Crippen LogP contribution in [0.15, 0.2) is 77.7 Å². The largest absolute Gasteiger partial charge is 0.506 e. The number of sulfone groups is 1. The number of alkyl halides is 3. The Labute approximate surface area is 214 Å². The molecule has 0 aliphatic rings. The fourth-order valence-corrected chi connectivity index (χ4v) is 4.82. The molecule has 6 nitrogen and oxygen atoms in total. The van der Waals surface area contributed by atoms with Crippen molar-refractivity contribution in [3.63, 3.8) is 0 Å². The molecule has 37 heavy (non-hydrogen) atoms. The van der Waals surface area contributed by atoms with E-state index in [1.807, 2.05) is 0 Å². The highest BCUT2D eigenvalue weighted by atomic mass is 35.5. The lowest BCUT2D eigenvalue weighted by Gasteiger charge is -2.15. The van der Waals surface area contributed by atoms with Crippen LogP contribution in [0, 0.1) is 0 Å². The van der Waals surface area contributed by atoms with E-state index in [2.05, 4.69) is 5.32 Å². The van der Waals surface area contributed by atoms with E-state index in [-0.39, 0.29) is 22.8 Å². The lowest BCUT2D eigenvalue weighted by atomic mass is 9.93. The highest BCUT2D eigenvalue weighted by Gasteiger charge is 2.47. The summed E-state index contributed by atoms with van der Waals surface area (Å²) in [6.45, 7) is 1.43. The van der Waals surface area contributed by atoms with E-state index >= 15 is 0 Å². The SMILES string of the molecule is CC(=O)c1ccc(-c2cc(C(=O)Nc3ccc(S(=O)(=O)C(F)(F)F)cc3Cl)c(O)c3ccccc23)cc1. The topological polar surface area (TPSA) is 101 Å². The Morgan fingerprint density at radius 1 is 0.919 bits per heavy atom. The fraction of sp³-hybridized carbons (Fsp3) is 0.0769. The predicted octanol–water partition coefficient (Wildman–Crippen LogP) is 6.61. The van der Waals surface area contributed by atoms with Crippen LogP contribution in [0.4, 0.5) is 18.9 Å². The maximum atomic E-state index is 13.1. The smallest absolute Gasteiger partial charge is 0.501 e. The van der Waals surface area contributed by atoms with E-state index in [9.17, 15) is 36.3 Å². The summed E-state index contributed by atoms with van der Waals surface area (Å²) >= 11 is 5.98. The summed E-state index contributed by atoms with van der Waals surface area (Å²) in [6, 6.07) is 17.1. The number of amides is 1. The average molecular weight is 548 g/mol. The summed E-state index contributed by atoms with van der Waals surface area (Å²) in [7, 11) is -5.63. The number of Topliss-reactive ketones (excluding diaryl/α,β-unsaturated/α-hetero) is 1. The Morgan fingerprint density at radius 2 is 1.54 bits per heavy atom. The number of rotatable bonds is 5. The molecule has 0 saturated carbocycles. The summed E-state index contributed by atoms with van der Waals surface area (Å²) in [5, 5.41) is 13.8. The van der Waals surface area contributed by atoms with E-state index in [0.717, 1.165) is 6.07 Å². The molecule has 2 N–H and O–H groups in total. The molecule has 0 heterocycles. The van der Waals surface area contributed by atoms with Crippen LogP contribution in [0.2, 0.25) is 5.02 Å². The van der Waals surface area contributed by atoms with Crippen LogP contribution >= 0.6 is 11.6 Å². The molecule has 0 aliphatic carbocycles. The molecule has 4 aromatic rings. The van der Waals surface area contributed by atoms with Crippen LogP contribution in [0.1, 0.15) is 27.6 Å². The normalized spacial score (nSPS) is 11.9. The fourth-order valence-electron chi connectivity index (χ4n) is 3.74. The van der Waals surface area contributed by atoms with Crippen LogP contribution in [0.25, 0.3) is 21.9 Å². The van der Waals surface area contributed by atoms with Crippen LogP contribution < -0.4 is 5.32 Å². The van der Waals surface area contributed by atoms with E-state index in [0.29, 0.717) is 39.6 Å². The molecule has 11 heteroatoms. The van der Waals surface area contributed by atoms with Gasteiger partial charge in [0.1, 0.15) is 5.75 Å². The molecule has 0 fully saturated rings. The van der Waals surface area contributed by atoms with Crippen molar-refractivity contribution in [1.82, 2.24) is 0 Å². The first-order chi connectivity index (χ1) is 17.3. The molecule has 0 unspecified atom stereocenters. The van der Waals surface area contributed by atoms with Crippen molar-refractivity contribution in [2.45, 2.75) is 17.3 Å². The number of hydrogen-bond donors (Lipinski definition) is 2. The maximum Gasteiger partial charge on any atom is 0.501 e. The molecule has 1 amide bonds. The summed E-state index contributed by atoms with van der Waals surface area (Å²) in [4.78, 5) is 23.7. The molecule has 0 saturated heterocycles. The zero-order valence-corrected chi connectivity index (χ0v) is 20.5. The summed E-state index contributed by atoms with van der Waals surface area (Å²) in [5.74, 6) is -1.30. The number of ketones is 1. The van der Waals surface area contributed by atoms with Crippen molar-refractivity contribution in [3.05, 3.63) is 88.9 Å². The first-order valence-electron chi connectivity index (χ1n) is 10.6. The van der Waals surface area contributed by atoms with Crippen LogP contribution in [0.5, 0.6) is 5.75 Å². The van der Waals surface area contributed by atoms with Gasteiger partial charge in [-0.15, -0.1) is 0 Å². The highest BCUT2D eigenvalue weighted by molar-refractivity contribution is 7.92. The van der Waals surface area contributed by atoms with E-state index in [1.165, 1.54) is 13.0 Å². The number of fused-ring (bicyclic) bond motifs is 1. The first kappa shape index (κ1) is 26.2. The number of anilines is 1. The van der Waals surface area contributed by atoms with Crippen LogP contribution in [0.3, 0.4) is 0 Å². The van der Waals surface area contributed by atoms with Gasteiger partial charge < -0.3 is 10.4 Å². The summed E-state index contributed by atoms with van der Waals surface area (Å²) in [6.07, 6.45) is 0. The van der Waals surface area contributed by atoms with Crippen molar-refractivity contribution in [2.24, 2.45) is 0 Å². The van der Waals surface area contributed by atoms with Gasteiger partial charge in [0, 0.05) is 10.9 Å². The third-order valence-electron chi connectivity index (χ3n) is 5.67. The number of benzene rings is 4. The first-order valence-corrected chi connectivity index (χ1v) is 12.5. The molecule has 190 valence electrons. The van der Waals surface area contributed by atoms with E-state index in [4.69, 9.17) is 11.6 Å². The Bertz CT molecular complexity index is 1670. The third kappa shape index (κ3) is 4.90. The summed E-state index contributed by atoms with van der Waals surface area (Å²) < 4.78 is 61.8. The number of carbonyl (C=O) groups excluding carboxylic acids is 2. The van der Waals surface area contributed by atoms with Gasteiger partial charge >= 0.3 is 5.51 Å². The number of carbonyl (C=O) groups is 2. The van der Waals surface area contributed by atoms with Crippen molar-refractivity contribution in [2.75, 3.05) is 5.32 Å². The predicted molar refractivity (Wildman–Crippen MR) is 134 cm³/mol. The zero-order valence-electron chi connectivity index (χ0n) is 18.9. The van der Waals surface area contributed by atoms with Gasteiger partial charge in [-0.1, -0.05) is 60.1 Å². The Hall–Kier alpha value is -3.89. The molecule has 4 rings (SSSR count). The molecule has 0 atom stereocenters. The van der Waals surface area contributed by atoms with Gasteiger partial charge in [0.2, 0.25) is 0 Å². The molecular formula is C26H17ClF3NO5S. The third-order valence-corrected chi connectivity index (χ3v) is 7.46. The Morgan fingerprint density at radius 3 is 2.11 bits per heavy atom. The minimum atomic E-state index is -5.63. The van der Waals surface area contributed by atoms with Crippen molar-refractivity contribution in [1.29, 1.82) is 0 Å². The lowest BCUT2D eigenvalue weighted by molar-refractivity contribution is -0.0436. The zero-order chi connectivity index (χ0) is 27.1. The number of halogens is 4. The monoisotopic (exact) mass is 547 g/mol. The minimum Gasteiger partial charge on any atom is -0.506 e. The number of phenolic OH excluding ortho intramolecular Hbond substituents is 1. The van der Waals surface area contributed by atoms with Gasteiger partial charge in [0.25, 0.3) is 15.7 Å². The second-order valence-corrected chi connectivity index (χ2v) is 10.4. The van der Waals surface area contributed by atoms with Crippen molar-refractivity contribution >= 4 is 49.6 Å². The van der Waals surface area contributed by atoms with E-state index in [1.54, 1.807) is 48.5 Å². The van der Waals surface area contributed by atoms with Gasteiger partial charge in [-0.05, 0) is 47.7 Å². The molecule has 0 bridgehead atoms. The molecule has 0 aliphatic heterocycles. The number of nitrogens with one attached hydrogen (secondary N) is 1. The number of hydrogen-bond acceptors (Lipinski definition) is 5. The van der Waals surface area contributed by atoms with Crippen LogP contribution in [-0.4, -0.2) is 30.7 Å². The molecule has 0 spiro atoms. The van der Waals surface area contributed by atoms with E-state index < -0.39 is 31.2 Å². The molecule has 0 radical (unpaired) electrons. The maximum absolute atomic E-state index is 13.1. The molecule has 0 aromatic heterocycles. The molecule has 4 aromatic carbocycles. The van der Waals surface area contributed by atoms with Gasteiger partial charge in [-0.2, -0.15) is 13.2 Å². The van der Waals surface area contributed by atoms with Gasteiger partial charge in [0.05, 0.1) is 21.2 Å². The summed E-state index contributed by atoms with van der Waals surface area (Å²) in [5.41, 5.74) is -4.10. The quantitative estimate of drug-likeness (QED) is 0.274. The second kappa shape index (κ2) is 9.53. The Kier molecular flexibility index (Phi) is 6.74. The number of aromatic hydroxyl groups is 1. The van der Waals surface area contributed by atoms with Gasteiger partial charge in [-0.25, -0.2) is 8.42 Å². The standard InChI is InChI=1S/C26H17ClF3NO5S/c1-14(32)15-6-8-16(9-7-15)20-13-21(24(33)19-5-3-2-4-18(19)20)25(34)31-23-11-10-17(12-22(23)27)37(35,36)26(28,29)30/h2-13,33H,1H3,(H,31,34). The highest BCUT2D eigenvalue weighted by Crippen LogP contribution is 2.38. The van der Waals surface area contributed by atoms with Crippen molar-refractivity contribution < 1.29 is 36.3 Å². The Balaban J connectivity index is 1.76.